The molecule has 2 aromatic rings. The van der Waals surface area contributed by atoms with E-state index in [1.54, 1.807) is 24.3 Å². The van der Waals surface area contributed by atoms with Crippen molar-refractivity contribution in [1.29, 1.82) is 10.5 Å². The highest BCUT2D eigenvalue weighted by atomic mass is 32.2. The second-order valence-corrected chi connectivity index (χ2v) is 5.89. The van der Waals surface area contributed by atoms with Gasteiger partial charge in [-0.2, -0.15) is 10.5 Å². The molecule has 0 aliphatic heterocycles. The third-order valence-corrected chi connectivity index (χ3v) is 4.13. The van der Waals surface area contributed by atoms with Crippen molar-refractivity contribution >= 4 is 23.4 Å². The second kappa shape index (κ2) is 7.49. The van der Waals surface area contributed by atoms with Gasteiger partial charge in [-0.1, -0.05) is 6.92 Å². The number of ketones is 1. The lowest BCUT2D eigenvalue weighted by molar-refractivity contribution is 0.103. The fourth-order valence-corrected chi connectivity index (χ4v) is 2.88. The molecule has 0 saturated heterocycles. The molecule has 1 aromatic heterocycles. The number of nitrogen functional groups attached to an aromatic ring is 1. The van der Waals surface area contributed by atoms with E-state index >= 15 is 0 Å². The molecule has 0 radical (unpaired) electrons. The summed E-state index contributed by atoms with van der Waals surface area (Å²) in [4.78, 5) is 17.0. The summed E-state index contributed by atoms with van der Waals surface area (Å²) in [5.41, 5.74) is 6.15. The van der Waals surface area contributed by atoms with Crippen LogP contribution in [0.4, 0.5) is 5.82 Å². The summed E-state index contributed by atoms with van der Waals surface area (Å²) in [7, 11) is 1.52. The molecule has 0 spiro atoms. The van der Waals surface area contributed by atoms with Gasteiger partial charge < -0.3 is 10.5 Å². The van der Waals surface area contributed by atoms with Crippen LogP contribution >= 0.6 is 11.8 Å². The van der Waals surface area contributed by atoms with Crippen LogP contribution in [0.25, 0.3) is 0 Å². The Morgan fingerprint density at radius 2 is 1.88 bits per heavy atom. The van der Waals surface area contributed by atoms with E-state index in [2.05, 4.69) is 4.98 Å². The lowest BCUT2D eigenvalue weighted by Crippen LogP contribution is -2.12. The Kier molecular flexibility index (Phi) is 5.41. The van der Waals surface area contributed by atoms with Crippen LogP contribution in [0.5, 0.6) is 5.75 Å². The van der Waals surface area contributed by atoms with Gasteiger partial charge in [-0.25, -0.2) is 4.98 Å². The molecule has 1 heterocycles. The molecule has 2 N–H and O–H groups in total. The van der Waals surface area contributed by atoms with Crippen molar-refractivity contribution in [3.05, 3.63) is 46.5 Å². The van der Waals surface area contributed by atoms with E-state index in [1.165, 1.54) is 18.9 Å². The van der Waals surface area contributed by atoms with Crippen LogP contribution in [0, 0.1) is 22.7 Å². The minimum Gasteiger partial charge on any atom is -0.497 e. The molecule has 0 amide bonds. The van der Waals surface area contributed by atoms with Crippen LogP contribution in [-0.2, 0) is 0 Å². The van der Waals surface area contributed by atoms with E-state index in [-0.39, 0.29) is 22.5 Å². The fourth-order valence-electron chi connectivity index (χ4n) is 2.15. The second-order valence-electron chi connectivity index (χ2n) is 4.64. The van der Waals surface area contributed by atoms with E-state index in [9.17, 15) is 15.3 Å². The highest BCUT2D eigenvalue weighted by molar-refractivity contribution is 7.99. The summed E-state index contributed by atoms with van der Waals surface area (Å²) < 4.78 is 5.07. The lowest BCUT2D eigenvalue weighted by atomic mass is 9.96. The number of nitrogens with zero attached hydrogens (tertiary/aromatic N) is 3. The number of carbonyl (C=O) groups excluding carboxylic acids is 1. The standard InChI is InChI=1S/C17H14N4O2S/c1-3-24-17-13(9-19)14(12(8-18)16(20)21-17)15(22)10-4-6-11(23-2)7-5-10/h4-7H,3H2,1-2H3,(H2,20,21). The minimum absolute atomic E-state index is 0.00591. The third-order valence-electron chi connectivity index (χ3n) is 3.28. The Bertz CT molecular complexity index is 864. The number of ether oxygens (including phenoxy) is 1. The number of hydrogen-bond donors (Lipinski definition) is 1. The first kappa shape index (κ1) is 17.3. The summed E-state index contributed by atoms with van der Waals surface area (Å²) in [6, 6.07) is 10.3. The summed E-state index contributed by atoms with van der Waals surface area (Å²) in [6.07, 6.45) is 0. The highest BCUT2D eigenvalue weighted by Crippen LogP contribution is 2.30. The van der Waals surface area contributed by atoms with E-state index in [1.807, 2.05) is 19.1 Å². The number of nitrogens with two attached hydrogens (primary N) is 1. The van der Waals surface area contributed by atoms with Crippen molar-refractivity contribution in [2.24, 2.45) is 0 Å². The quantitative estimate of drug-likeness (QED) is 0.658. The van der Waals surface area contributed by atoms with Gasteiger partial charge in [-0.05, 0) is 30.0 Å². The zero-order valence-electron chi connectivity index (χ0n) is 13.2. The van der Waals surface area contributed by atoms with E-state index in [0.29, 0.717) is 22.1 Å². The van der Waals surface area contributed by atoms with E-state index in [4.69, 9.17) is 10.5 Å². The van der Waals surface area contributed by atoms with Gasteiger partial charge >= 0.3 is 0 Å². The zero-order valence-corrected chi connectivity index (χ0v) is 14.0. The molecule has 6 nitrogen and oxygen atoms in total. The number of nitriles is 2. The highest BCUT2D eigenvalue weighted by Gasteiger charge is 2.25. The van der Waals surface area contributed by atoms with Gasteiger partial charge in [0.05, 0.1) is 18.2 Å². The fraction of sp³-hybridized carbons (Fsp3) is 0.176. The van der Waals surface area contributed by atoms with Gasteiger partial charge in [0.2, 0.25) is 0 Å². The maximum Gasteiger partial charge on any atom is 0.195 e. The first-order chi connectivity index (χ1) is 11.6. The summed E-state index contributed by atoms with van der Waals surface area (Å²) in [5.74, 6) is 0.759. The summed E-state index contributed by atoms with van der Waals surface area (Å²) in [5, 5.41) is 19.2. The van der Waals surface area contributed by atoms with Crippen LogP contribution in [-0.4, -0.2) is 23.6 Å². The smallest absolute Gasteiger partial charge is 0.195 e. The molecular formula is C17H14N4O2S. The SMILES string of the molecule is CCSc1nc(N)c(C#N)c(C(=O)c2ccc(OC)cc2)c1C#N. The zero-order chi connectivity index (χ0) is 17.7. The molecule has 7 heteroatoms. The van der Waals surface area contributed by atoms with Crippen LogP contribution in [0.3, 0.4) is 0 Å². The molecule has 2 rings (SSSR count). The number of hydrogen-bond acceptors (Lipinski definition) is 7. The largest absolute Gasteiger partial charge is 0.497 e. The first-order valence-electron chi connectivity index (χ1n) is 7.02. The van der Waals surface area contributed by atoms with Gasteiger partial charge in [0, 0.05) is 5.56 Å². The van der Waals surface area contributed by atoms with Crippen molar-refractivity contribution in [2.45, 2.75) is 11.9 Å². The minimum atomic E-state index is -0.446. The van der Waals surface area contributed by atoms with Gasteiger partial charge in [-0.3, -0.25) is 4.79 Å². The molecule has 0 fully saturated rings. The van der Waals surface area contributed by atoms with Crippen LogP contribution in [0.2, 0.25) is 0 Å². The Balaban J connectivity index is 2.68. The molecule has 120 valence electrons. The van der Waals surface area contributed by atoms with Crippen molar-refractivity contribution in [3.63, 3.8) is 0 Å². The molecule has 1 aromatic carbocycles. The first-order valence-corrected chi connectivity index (χ1v) is 8.01. The normalized spacial score (nSPS) is 9.83. The number of benzene rings is 1. The average molecular weight is 338 g/mol. The van der Waals surface area contributed by atoms with E-state index < -0.39 is 5.78 Å². The Hall–Kier alpha value is -3.03. The van der Waals surface area contributed by atoms with Crippen molar-refractivity contribution in [1.82, 2.24) is 4.98 Å². The number of pyridine rings is 1. The van der Waals surface area contributed by atoms with Gasteiger partial charge in [0.15, 0.2) is 5.78 Å². The number of thioether (sulfide) groups is 1. The predicted octanol–water partition coefficient (Wildman–Crippen LogP) is 2.76. The summed E-state index contributed by atoms with van der Waals surface area (Å²) in [6.45, 7) is 1.90. The Labute approximate surface area is 143 Å². The van der Waals surface area contributed by atoms with E-state index in [0.717, 1.165) is 0 Å². The summed E-state index contributed by atoms with van der Waals surface area (Å²) >= 11 is 1.30. The molecule has 0 saturated carbocycles. The Morgan fingerprint density at radius 3 is 2.38 bits per heavy atom. The van der Waals surface area contributed by atoms with Gasteiger partial charge in [0.25, 0.3) is 0 Å². The maximum atomic E-state index is 12.9. The van der Waals surface area contributed by atoms with Crippen LogP contribution in [0.1, 0.15) is 34.0 Å². The monoisotopic (exact) mass is 338 g/mol. The Morgan fingerprint density at radius 1 is 1.25 bits per heavy atom. The number of rotatable bonds is 5. The average Bonchev–Trinajstić information content (AvgIpc) is 2.61. The molecular weight excluding hydrogens is 324 g/mol. The van der Waals surface area contributed by atoms with Crippen molar-refractivity contribution in [2.75, 3.05) is 18.6 Å². The number of aromatic nitrogens is 1. The van der Waals surface area contributed by atoms with Gasteiger partial charge in [-0.15, -0.1) is 11.8 Å². The maximum absolute atomic E-state index is 12.9. The molecule has 0 aliphatic carbocycles. The molecule has 0 unspecified atom stereocenters. The van der Waals surface area contributed by atoms with Crippen LogP contribution < -0.4 is 10.5 Å². The van der Waals surface area contributed by atoms with Crippen molar-refractivity contribution in [3.8, 4) is 17.9 Å². The molecule has 0 atom stereocenters. The molecule has 24 heavy (non-hydrogen) atoms. The third kappa shape index (κ3) is 3.17. The number of carbonyl (C=O) groups is 1. The van der Waals surface area contributed by atoms with Crippen molar-refractivity contribution < 1.29 is 9.53 Å². The number of methoxy groups -OCH3 is 1. The lowest BCUT2D eigenvalue weighted by Gasteiger charge is -2.11. The molecule has 0 aliphatic rings. The predicted molar refractivity (Wildman–Crippen MR) is 90.9 cm³/mol. The number of anilines is 1. The molecule has 0 bridgehead atoms. The van der Waals surface area contributed by atoms with Crippen LogP contribution in [0.15, 0.2) is 29.3 Å². The van der Waals surface area contributed by atoms with Gasteiger partial charge in [0.1, 0.15) is 34.3 Å². The topological polar surface area (TPSA) is 113 Å².